The molecule has 3 aromatic rings. The van der Waals surface area contributed by atoms with E-state index >= 15 is 0 Å². The molecule has 23 heavy (non-hydrogen) atoms. The Morgan fingerprint density at radius 1 is 1.04 bits per heavy atom. The Balaban J connectivity index is 1.51. The van der Waals surface area contributed by atoms with Crippen LogP contribution in [0, 0.1) is 0 Å². The van der Waals surface area contributed by atoms with E-state index in [4.69, 9.17) is 4.74 Å². The Labute approximate surface area is 138 Å². The molecule has 0 aliphatic rings. The van der Waals surface area contributed by atoms with Gasteiger partial charge in [-0.2, -0.15) is 0 Å². The van der Waals surface area contributed by atoms with E-state index < -0.39 is 6.09 Å². The molecule has 0 bridgehead atoms. The quantitative estimate of drug-likeness (QED) is 0.773. The molecule has 0 aliphatic heterocycles. The van der Waals surface area contributed by atoms with Crippen molar-refractivity contribution >= 4 is 23.3 Å². The molecule has 0 radical (unpaired) electrons. The van der Waals surface area contributed by atoms with Gasteiger partial charge in [0.05, 0.1) is 0 Å². The monoisotopic (exact) mass is 325 g/mol. The highest BCUT2D eigenvalue weighted by Gasteiger charge is 2.05. The van der Waals surface area contributed by atoms with Crippen LogP contribution in [-0.4, -0.2) is 15.5 Å². The van der Waals surface area contributed by atoms with E-state index in [0.717, 1.165) is 12.0 Å². The molecular formula is C17H15N3O2S. The molecule has 0 fully saturated rings. The lowest BCUT2D eigenvalue weighted by Crippen LogP contribution is -2.13. The minimum atomic E-state index is -0.474. The summed E-state index contributed by atoms with van der Waals surface area (Å²) >= 11 is 1.33. The van der Waals surface area contributed by atoms with Crippen LogP contribution < -0.4 is 5.32 Å². The van der Waals surface area contributed by atoms with E-state index in [1.54, 1.807) is 18.6 Å². The van der Waals surface area contributed by atoms with Gasteiger partial charge in [-0.1, -0.05) is 12.1 Å². The van der Waals surface area contributed by atoms with Crippen LogP contribution in [0.5, 0.6) is 0 Å². The third-order valence-corrected chi connectivity index (χ3v) is 3.85. The molecule has 116 valence electrons. The van der Waals surface area contributed by atoms with Gasteiger partial charge in [0.25, 0.3) is 0 Å². The van der Waals surface area contributed by atoms with Crippen molar-refractivity contribution in [1.82, 2.24) is 9.36 Å². The van der Waals surface area contributed by atoms with Gasteiger partial charge in [-0.3, -0.25) is 10.3 Å². The average molecular weight is 325 g/mol. The summed E-state index contributed by atoms with van der Waals surface area (Å²) in [6, 6.07) is 11.7. The molecule has 0 aliphatic carbocycles. The van der Waals surface area contributed by atoms with Gasteiger partial charge in [0, 0.05) is 35.2 Å². The van der Waals surface area contributed by atoms with Gasteiger partial charge in [-0.05, 0) is 53.3 Å². The first-order valence-electron chi connectivity index (χ1n) is 7.09. The van der Waals surface area contributed by atoms with Crippen LogP contribution in [-0.2, 0) is 17.8 Å². The second-order valence-corrected chi connectivity index (χ2v) is 5.62. The van der Waals surface area contributed by atoms with Crippen molar-refractivity contribution < 1.29 is 9.53 Å². The van der Waals surface area contributed by atoms with Crippen molar-refractivity contribution in [3.63, 3.8) is 0 Å². The molecule has 5 nitrogen and oxygen atoms in total. The van der Waals surface area contributed by atoms with Gasteiger partial charge in [0.2, 0.25) is 0 Å². The molecular weight excluding hydrogens is 310 g/mol. The number of carbonyl (C=O) groups excluding carboxylic acids is 1. The second-order valence-electron chi connectivity index (χ2n) is 4.96. The number of anilines is 1. The molecule has 1 amide bonds. The van der Waals surface area contributed by atoms with Crippen molar-refractivity contribution in [1.29, 1.82) is 0 Å². The molecule has 2 aromatic heterocycles. The smallest absolute Gasteiger partial charge is 0.411 e. The zero-order valence-corrected chi connectivity index (χ0v) is 13.1. The van der Waals surface area contributed by atoms with Gasteiger partial charge in [-0.25, -0.2) is 9.17 Å². The van der Waals surface area contributed by atoms with Gasteiger partial charge in [0.1, 0.15) is 6.61 Å². The lowest BCUT2D eigenvalue weighted by Gasteiger charge is -2.07. The maximum absolute atomic E-state index is 11.7. The van der Waals surface area contributed by atoms with E-state index in [1.807, 2.05) is 41.8 Å². The first kappa shape index (κ1) is 15.2. The summed E-state index contributed by atoms with van der Waals surface area (Å²) in [7, 11) is 0. The van der Waals surface area contributed by atoms with Crippen molar-refractivity contribution in [3.05, 3.63) is 77.1 Å². The molecule has 3 rings (SSSR count). The molecule has 0 unspecified atom stereocenters. The predicted octanol–water partition coefficient (Wildman–Crippen LogP) is 3.88. The maximum atomic E-state index is 11.7. The first-order chi connectivity index (χ1) is 11.3. The fourth-order valence-electron chi connectivity index (χ4n) is 2.04. The number of nitrogens with zero attached hydrogens (tertiary/aromatic N) is 2. The van der Waals surface area contributed by atoms with Crippen molar-refractivity contribution in [3.8, 4) is 0 Å². The SMILES string of the molecule is O=C(Nc1ccc(Cc2ccncc2)cc1)OCc1cnsc1. The summed E-state index contributed by atoms with van der Waals surface area (Å²) in [4.78, 5) is 15.7. The van der Waals surface area contributed by atoms with Crippen LogP contribution in [0.4, 0.5) is 10.5 Å². The lowest BCUT2D eigenvalue weighted by molar-refractivity contribution is 0.155. The predicted molar refractivity (Wildman–Crippen MR) is 89.4 cm³/mol. The maximum Gasteiger partial charge on any atom is 0.411 e. The Hall–Kier alpha value is -2.73. The third kappa shape index (κ3) is 4.62. The van der Waals surface area contributed by atoms with Crippen molar-refractivity contribution in [2.75, 3.05) is 5.32 Å². The van der Waals surface area contributed by atoms with Crippen LogP contribution in [0.15, 0.2) is 60.4 Å². The molecule has 1 N–H and O–H groups in total. The highest BCUT2D eigenvalue weighted by Crippen LogP contribution is 2.14. The summed E-state index contributed by atoms with van der Waals surface area (Å²) in [6.07, 6.45) is 5.61. The Bertz CT molecular complexity index is 743. The zero-order valence-electron chi connectivity index (χ0n) is 12.3. The van der Waals surface area contributed by atoms with Crippen LogP contribution in [0.1, 0.15) is 16.7 Å². The fraction of sp³-hybridized carbons (Fsp3) is 0.118. The number of rotatable bonds is 5. The minimum Gasteiger partial charge on any atom is -0.444 e. The molecule has 0 spiro atoms. The number of benzene rings is 1. The number of pyridine rings is 1. The summed E-state index contributed by atoms with van der Waals surface area (Å²) in [5, 5.41) is 4.56. The van der Waals surface area contributed by atoms with E-state index in [0.29, 0.717) is 5.69 Å². The summed E-state index contributed by atoms with van der Waals surface area (Å²) in [5.74, 6) is 0. The Morgan fingerprint density at radius 2 is 1.78 bits per heavy atom. The molecule has 1 aromatic carbocycles. The summed E-state index contributed by atoms with van der Waals surface area (Å²) in [5.41, 5.74) is 3.96. The van der Waals surface area contributed by atoms with Crippen LogP contribution in [0.2, 0.25) is 0 Å². The van der Waals surface area contributed by atoms with E-state index in [-0.39, 0.29) is 6.61 Å². The number of ether oxygens (including phenoxy) is 1. The van der Waals surface area contributed by atoms with Crippen molar-refractivity contribution in [2.45, 2.75) is 13.0 Å². The molecule has 0 saturated heterocycles. The molecule has 0 saturated carbocycles. The Kier molecular flexibility index (Phi) is 4.95. The zero-order chi connectivity index (χ0) is 15.9. The molecule has 0 atom stereocenters. The lowest BCUT2D eigenvalue weighted by atomic mass is 10.1. The number of hydrogen-bond acceptors (Lipinski definition) is 5. The number of carbonyl (C=O) groups is 1. The normalized spacial score (nSPS) is 10.3. The van der Waals surface area contributed by atoms with E-state index in [9.17, 15) is 4.79 Å². The number of amides is 1. The summed E-state index contributed by atoms with van der Waals surface area (Å²) < 4.78 is 9.08. The van der Waals surface area contributed by atoms with Gasteiger partial charge in [-0.15, -0.1) is 0 Å². The van der Waals surface area contributed by atoms with Crippen molar-refractivity contribution in [2.24, 2.45) is 0 Å². The van der Waals surface area contributed by atoms with Gasteiger partial charge in [0.15, 0.2) is 0 Å². The molecule has 2 heterocycles. The number of aromatic nitrogens is 2. The first-order valence-corrected chi connectivity index (χ1v) is 7.93. The molecule has 6 heteroatoms. The third-order valence-electron chi connectivity index (χ3n) is 3.21. The van der Waals surface area contributed by atoms with Gasteiger partial charge < -0.3 is 4.74 Å². The number of hydrogen-bond donors (Lipinski definition) is 1. The van der Waals surface area contributed by atoms with E-state index in [1.165, 1.54) is 22.7 Å². The largest absolute Gasteiger partial charge is 0.444 e. The second kappa shape index (κ2) is 7.51. The average Bonchev–Trinajstić information content (AvgIpc) is 3.09. The fourth-order valence-corrected chi connectivity index (χ4v) is 2.56. The van der Waals surface area contributed by atoms with Gasteiger partial charge >= 0.3 is 6.09 Å². The summed E-state index contributed by atoms with van der Waals surface area (Å²) in [6.45, 7) is 0.225. The highest BCUT2D eigenvalue weighted by molar-refractivity contribution is 7.03. The van der Waals surface area contributed by atoms with Crippen LogP contribution in [0.3, 0.4) is 0 Å². The number of nitrogens with one attached hydrogen (secondary N) is 1. The van der Waals surface area contributed by atoms with Crippen LogP contribution in [0.25, 0.3) is 0 Å². The van der Waals surface area contributed by atoms with E-state index in [2.05, 4.69) is 14.7 Å². The standard InChI is InChI=1S/C17H15N3O2S/c21-17(22-11-15-10-19-23-12-15)20-16-3-1-13(2-4-16)9-14-5-7-18-8-6-14/h1-8,10,12H,9,11H2,(H,20,21). The topological polar surface area (TPSA) is 64.1 Å². The Morgan fingerprint density at radius 3 is 2.48 bits per heavy atom. The minimum absolute atomic E-state index is 0.225. The highest BCUT2D eigenvalue weighted by atomic mass is 32.1. The van der Waals surface area contributed by atoms with Crippen LogP contribution >= 0.6 is 11.5 Å².